The first-order chi connectivity index (χ1) is 3.73. The summed E-state index contributed by atoms with van der Waals surface area (Å²) in [6.45, 7) is 0. The van der Waals surface area contributed by atoms with Crippen molar-refractivity contribution in [3.63, 3.8) is 0 Å². The first-order valence-electron chi connectivity index (χ1n) is 1.52. The summed E-state index contributed by atoms with van der Waals surface area (Å²) in [5, 5.41) is 21.5. The van der Waals surface area contributed by atoms with E-state index in [0.29, 0.717) is 0 Å². The van der Waals surface area contributed by atoms with Gasteiger partial charge in [0.25, 0.3) is 0 Å². The van der Waals surface area contributed by atoms with Gasteiger partial charge in [-0.2, -0.15) is 0 Å². The van der Waals surface area contributed by atoms with Crippen LogP contribution in [0.4, 0.5) is 0 Å². The molecule has 0 atom stereocenters. The van der Waals surface area contributed by atoms with Gasteiger partial charge >= 0.3 is 117 Å². The molecular weight excluding hydrogens is 278 g/mol. The quantitative estimate of drug-likeness (QED) is 0.255. The Balaban J connectivity index is -0.0000000383. The van der Waals surface area contributed by atoms with Crippen molar-refractivity contribution < 1.29 is 144 Å². The third-order valence-corrected chi connectivity index (χ3v) is 0. The largest absolute Gasteiger partial charge is 1.00 e. The monoisotopic (exact) mass is 282 g/mol. The zero-order valence-electron chi connectivity index (χ0n) is 6.04. The fraction of sp³-hybridized carbons (Fsp3) is 0. The van der Waals surface area contributed by atoms with Gasteiger partial charge < -0.3 is 34.3 Å². The average molecular weight is 282 g/mol. The van der Waals surface area contributed by atoms with Crippen LogP contribution in [0.3, 0.4) is 0 Å². The van der Waals surface area contributed by atoms with Crippen LogP contribution in [0.5, 0.6) is 0 Å². The van der Waals surface area contributed by atoms with Crippen LogP contribution in [0.15, 0.2) is 0 Å². The van der Waals surface area contributed by atoms with Gasteiger partial charge in [0, 0.05) is 0 Å². The van der Waals surface area contributed by atoms with Crippen LogP contribution in [0.25, 0.3) is 0 Å². The molecule has 0 aromatic carbocycles. The van der Waals surface area contributed by atoms with Gasteiger partial charge in [0.15, 0.2) is 0 Å². The summed E-state index contributed by atoms with van der Waals surface area (Å²) in [4.78, 5) is 24.3. The maximum absolute atomic E-state index is 8.66. The molecule has 56 valence electrons. The summed E-state index contributed by atoms with van der Waals surface area (Å²) in [6, 6.07) is 0. The van der Waals surface area contributed by atoms with Crippen LogP contribution < -0.4 is 119 Å². The Morgan fingerprint density at radius 2 is 1.18 bits per heavy atom. The Hall–Kier alpha value is 3.50. The van der Waals surface area contributed by atoms with E-state index < -0.39 is 15.1 Å². The Morgan fingerprint density at radius 1 is 1.18 bits per heavy atom. The van der Waals surface area contributed by atoms with Crippen molar-refractivity contribution in [1.82, 2.24) is 0 Å². The number of rotatable bonds is 0. The number of hydrogen-bond donors (Lipinski definition) is 4. The molecule has 7 nitrogen and oxygen atoms in total. The van der Waals surface area contributed by atoms with E-state index in [1.54, 1.807) is 0 Å². The minimum atomic E-state index is -5.14. The predicted molar refractivity (Wildman–Crippen MR) is 22.2 cm³/mol. The van der Waals surface area contributed by atoms with E-state index in [1.165, 1.54) is 0 Å². The topological polar surface area (TPSA) is 144 Å². The molecule has 0 aromatic rings. The van der Waals surface area contributed by atoms with Gasteiger partial charge in [-0.15, -0.1) is 0 Å². The minimum absolute atomic E-state index is 0. The van der Waals surface area contributed by atoms with E-state index in [1.807, 2.05) is 0 Å². The maximum Gasteiger partial charge on any atom is 1.00 e. The fourth-order valence-electron chi connectivity index (χ4n) is 0. The van der Waals surface area contributed by atoms with Crippen molar-refractivity contribution >= 4 is 15.1 Å². The van der Waals surface area contributed by atoms with Crippen LogP contribution in [0, 0.1) is 0 Å². The molecule has 0 aliphatic rings. The summed E-state index contributed by atoms with van der Waals surface area (Å²) in [5.41, 5.74) is 0. The molecule has 0 spiro atoms. The molecule has 0 fully saturated rings. The molecule has 0 aliphatic carbocycles. The van der Waals surface area contributed by atoms with Gasteiger partial charge in [0.2, 0.25) is 0 Å². The van der Waals surface area contributed by atoms with E-state index in [9.17, 15) is 0 Å². The standard InChI is InChI=1S/BH3O3.K.H3O4P.Rb/c2-1(3)4;;1-5(2,3)4;/h2-4H;;(H3,1,2,3,4);/q;+1;;+1/p-2. The van der Waals surface area contributed by atoms with Crippen molar-refractivity contribution in [2.45, 2.75) is 0 Å². The minimum Gasteiger partial charge on any atom is -0.790 e. The van der Waals surface area contributed by atoms with E-state index in [4.69, 9.17) is 34.3 Å². The van der Waals surface area contributed by atoms with Gasteiger partial charge in [-0.1, -0.05) is 0 Å². The molecule has 0 unspecified atom stereocenters. The Morgan fingerprint density at radius 3 is 1.18 bits per heavy atom. The van der Waals surface area contributed by atoms with Crippen molar-refractivity contribution in [3.05, 3.63) is 0 Å². The van der Waals surface area contributed by atoms with Crippen molar-refractivity contribution in [2.24, 2.45) is 0 Å². The Kier molecular flexibility index (Phi) is 29.4. The van der Waals surface area contributed by atoms with Crippen molar-refractivity contribution in [1.29, 1.82) is 0 Å². The third-order valence-electron chi connectivity index (χ3n) is 0. The van der Waals surface area contributed by atoms with Gasteiger partial charge in [0.05, 0.1) is 7.82 Å². The molecule has 0 heterocycles. The molecule has 11 heavy (non-hydrogen) atoms. The van der Waals surface area contributed by atoms with E-state index in [-0.39, 0.29) is 110 Å². The second kappa shape index (κ2) is 13.5. The van der Waals surface area contributed by atoms with Crippen molar-refractivity contribution in [2.75, 3.05) is 0 Å². The van der Waals surface area contributed by atoms with E-state index in [2.05, 4.69) is 0 Å². The smallest absolute Gasteiger partial charge is 0.790 e. The molecule has 0 bridgehead atoms. The van der Waals surface area contributed by atoms with E-state index >= 15 is 0 Å². The number of phosphoric acid groups is 1. The first-order valence-corrected chi connectivity index (χ1v) is 3.02. The second-order valence-corrected chi connectivity index (χ2v) is 1.75. The molecule has 0 saturated carbocycles. The summed E-state index contributed by atoms with van der Waals surface area (Å²) in [6.07, 6.45) is 0. The molecule has 11 heteroatoms. The molecular formula is H4BKO7PRb. The zero-order valence-corrected chi connectivity index (χ0v) is 15.0. The van der Waals surface area contributed by atoms with Crippen LogP contribution in [-0.2, 0) is 4.57 Å². The van der Waals surface area contributed by atoms with Gasteiger partial charge in [-0.3, -0.25) is 0 Å². The normalized spacial score (nSPS) is 7.82. The van der Waals surface area contributed by atoms with Crippen LogP contribution in [0.2, 0.25) is 0 Å². The Bertz CT molecular complexity index is 89.6. The summed E-state index contributed by atoms with van der Waals surface area (Å²) < 4.78 is 8.66. The van der Waals surface area contributed by atoms with Gasteiger partial charge in [-0.25, -0.2) is 0 Å². The maximum atomic E-state index is 8.66. The second-order valence-electron chi connectivity index (χ2n) is 0.815. The van der Waals surface area contributed by atoms with Crippen LogP contribution in [-0.4, -0.2) is 27.3 Å². The molecule has 0 saturated heterocycles. The zero-order chi connectivity index (χ0) is 8.08. The molecule has 0 radical (unpaired) electrons. The summed E-state index contributed by atoms with van der Waals surface area (Å²) in [5.74, 6) is 0. The molecule has 0 aromatic heterocycles. The summed E-state index contributed by atoms with van der Waals surface area (Å²) >= 11 is 0. The van der Waals surface area contributed by atoms with Gasteiger partial charge in [0.1, 0.15) is 0 Å². The SMILES string of the molecule is O=P([O-])([O-])O.OB(O)O.[K+].[Rb+]. The van der Waals surface area contributed by atoms with Gasteiger partial charge in [-0.05, 0) is 0 Å². The van der Waals surface area contributed by atoms with Crippen LogP contribution in [0.1, 0.15) is 0 Å². The van der Waals surface area contributed by atoms with Crippen molar-refractivity contribution in [3.8, 4) is 0 Å². The average Bonchev–Trinajstić information content (AvgIpc) is 1.19. The molecule has 0 aliphatic heterocycles. The third kappa shape index (κ3) is 146. The first kappa shape index (κ1) is 24.0. The number of hydrogen-bond acceptors (Lipinski definition) is 6. The van der Waals surface area contributed by atoms with Crippen LogP contribution >= 0.6 is 7.82 Å². The molecule has 4 N–H and O–H groups in total. The molecule has 0 amide bonds. The van der Waals surface area contributed by atoms with E-state index in [0.717, 1.165) is 0 Å². The summed E-state index contributed by atoms with van der Waals surface area (Å²) in [7, 11) is -7.31. The Labute approximate surface area is 155 Å². The fourth-order valence-corrected chi connectivity index (χ4v) is 0. The predicted octanol–water partition coefficient (Wildman–Crippen LogP) is -10.2. The molecule has 0 rings (SSSR count).